The lowest BCUT2D eigenvalue weighted by Crippen LogP contribution is -2.23. The van der Waals surface area contributed by atoms with E-state index in [0.29, 0.717) is 17.5 Å². The van der Waals surface area contributed by atoms with Gasteiger partial charge in [0, 0.05) is 11.8 Å². The molecule has 2 heterocycles. The van der Waals surface area contributed by atoms with Crippen molar-refractivity contribution in [1.29, 1.82) is 0 Å². The van der Waals surface area contributed by atoms with Crippen molar-refractivity contribution in [1.82, 2.24) is 20.2 Å². The topological polar surface area (TPSA) is 101 Å². The monoisotopic (exact) mass is 336 g/mol. The molecular formula is C18H16N4O3. The minimum absolute atomic E-state index is 0.271. The predicted octanol–water partition coefficient (Wildman–Crippen LogP) is 1.80. The summed E-state index contributed by atoms with van der Waals surface area (Å²) >= 11 is 0. The second kappa shape index (κ2) is 6.01. The smallest absolute Gasteiger partial charge is 0.325 e. The lowest BCUT2D eigenvalue weighted by atomic mass is 10.0. The van der Waals surface area contributed by atoms with Crippen LogP contribution in [-0.4, -0.2) is 27.3 Å². The number of aromatic nitrogens is 4. The molecule has 7 heteroatoms. The summed E-state index contributed by atoms with van der Waals surface area (Å²) in [7, 11) is 1.56. The summed E-state index contributed by atoms with van der Waals surface area (Å²) in [6, 6.07) is 12.1. The quantitative estimate of drug-likeness (QED) is 0.756. The number of hydrogen-bond acceptors (Lipinski definition) is 5. The average molecular weight is 336 g/mol. The van der Waals surface area contributed by atoms with E-state index in [0.717, 1.165) is 12.0 Å². The summed E-state index contributed by atoms with van der Waals surface area (Å²) < 4.78 is 5.35. The first-order valence-corrected chi connectivity index (χ1v) is 7.96. The van der Waals surface area contributed by atoms with Gasteiger partial charge < -0.3 is 9.72 Å². The number of nitrogens with zero attached hydrogens (tertiary/aromatic N) is 2. The van der Waals surface area contributed by atoms with Gasteiger partial charge in [-0.15, -0.1) is 10.2 Å². The Kier molecular flexibility index (Phi) is 3.68. The first-order valence-electron chi connectivity index (χ1n) is 7.96. The van der Waals surface area contributed by atoms with Crippen LogP contribution in [0.4, 0.5) is 0 Å². The largest absolute Gasteiger partial charge is 0.480 e. The van der Waals surface area contributed by atoms with Gasteiger partial charge in [0.05, 0.1) is 12.7 Å². The molecule has 2 aromatic heterocycles. The first-order chi connectivity index (χ1) is 12.2. The number of benzene rings is 1. The van der Waals surface area contributed by atoms with E-state index in [-0.39, 0.29) is 11.5 Å². The Balaban J connectivity index is 1.73. The molecule has 1 fully saturated rings. The molecule has 1 aliphatic rings. The minimum Gasteiger partial charge on any atom is -0.480 e. The van der Waals surface area contributed by atoms with E-state index < -0.39 is 11.2 Å². The standard InChI is InChI=1S/C18H16N4O3/c1-25-17-13(12-7-11(12)10-5-3-2-4-6-10)8-15(21-22-17)14-9-19-18(24)20-16(14)23/h2-6,8-9,11-12H,7H2,1H3,(H2,19,20,23,24). The van der Waals surface area contributed by atoms with Crippen molar-refractivity contribution in [3.8, 4) is 17.1 Å². The average Bonchev–Trinajstić information content (AvgIpc) is 3.43. The van der Waals surface area contributed by atoms with Gasteiger partial charge in [-0.05, 0) is 29.9 Å². The normalized spacial score (nSPS) is 18.8. The van der Waals surface area contributed by atoms with Crippen LogP contribution in [0.5, 0.6) is 5.88 Å². The second-order valence-corrected chi connectivity index (χ2v) is 6.04. The van der Waals surface area contributed by atoms with Crippen LogP contribution in [-0.2, 0) is 0 Å². The number of rotatable bonds is 4. The van der Waals surface area contributed by atoms with Gasteiger partial charge in [-0.3, -0.25) is 9.78 Å². The molecular weight excluding hydrogens is 320 g/mol. The van der Waals surface area contributed by atoms with E-state index in [9.17, 15) is 9.59 Å². The van der Waals surface area contributed by atoms with Gasteiger partial charge in [0.1, 0.15) is 5.69 Å². The van der Waals surface area contributed by atoms with E-state index in [1.807, 2.05) is 24.3 Å². The predicted molar refractivity (Wildman–Crippen MR) is 91.8 cm³/mol. The highest BCUT2D eigenvalue weighted by molar-refractivity contribution is 5.59. The highest BCUT2D eigenvalue weighted by Crippen LogP contribution is 2.56. The van der Waals surface area contributed by atoms with E-state index in [4.69, 9.17) is 4.74 Å². The summed E-state index contributed by atoms with van der Waals surface area (Å²) in [5.74, 6) is 1.14. The van der Waals surface area contributed by atoms with Crippen molar-refractivity contribution in [3.05, 3.63) is 74.6 Å². The molecule has 0 aliphatic heterocycles. The number of ether oxygens (including phenoxy) is 1. The zero-order chi connectivity index (χ0) is 17.4. The van der Waals surface area contributed by atoms with Gasteiger partial charge >= 0.3 is 5.69 Å². The van der Waals surface area contributed by atoms with Crippen molar-refractivity contribution >= 4 is 0 Å². The van der Waals surface area contributed by atoms with Crippen LogP contribution in [0.2, 0.25) is 0 Å². The third-order valence-electron chi connectivity index (χ3n) is 4.49. The number of hydrogen-bond donors (Lipinski definition) is 2. The summed E-state index contributed by atoms with van der Waals surface area (Å²) in [4.78, 5) is 27.9. The van der Waals surface area contributed by atoms with Crippen molar-refractivity contribution in [2.45, 2.75) is 18.3 Å². The molecule has 2 atom stereocenters. The fourth-order valence-corrected chi connectivity index (χ4v) is 3.16. The van der Waals surface area contributed by atoms with E-state index in [1.165, 1.54) is 11.8 Å². The summed E-state index contributed by atoms with van der Waals surface area (Å²) in [6.45, 7) is 0. The molecule has 0 bridgehead atoms. The second-order valence-electron chi connectivity index (χ2n) is 6.04. The molecule has 0 spiro atoms. The molecule has 2 unspecified atom stereocenters. The molecule has 2 N–H and O–H groups in total. The summed E-state index contributed by atoms with van der Waals surface area (Å²) in [6.07, 6.45) is 2.34. The van der Waals surface area contributed by atoms with Gasteiger partial charge in [0.15, 0.2) is 0 Å². The SMILES string of the molecule is COc1nnc(-c2c[nH]c(=O)[nH]c2=O)cc1C1CC1c1ccccc1. The molecule has 0 saturated heterocycles. The van der Waals surface area contributed by atoms with E-state index >= 15 is 0 Å². The van der Waals surface area contributed by atoms with Crippen LogP contribution < -0.4 is 16.0 Å². The Morgan fingerprint density at radius 2 is 1.92 bits per heavy atom. The van der Waals surface area contributed by atoms with Crippen LogP contribution in [0, 0.1) is 0 Å². The zero-order valence-corrected chi connectivity index (χ0v) is 13.5. The molecule has 25 heavy (non-hydrogen) atoms. The van der Waals surface area contributed by atoms with Crippen molar-refractivity contribution in [3.63, 3.8) is 0 Å². The number of aromatic amines is 2. The first kappa shape index (κ1) is 15.3. The number of nitrogens with one attached hydrogen (secondary N) is 2. The van der Waals surface area contributed by atoms with Gasteiger partial charge in [-0.2, -0.15) is 0 Å². The van der Waals surface area contributed by atoms with Crippen LogP contribution in [0.25, 0.3) is 11.3 Å². The Bertz CT molecular complexity index is 1030. The fraction of sp³-hybridized carbons (Fsp3) is 0.222. The lowest BCUT2D eigenvalue weighted by Gasteiger charge is -2.08. The summed E-state index contributed by atoms with van der Waals surface area (Å²) in [5.41, 5.74) is 1.83. The Hall–Kier alpha value is -3.22. The van der Waals surface area contributed by atoms with E-state index in [1.54, 1.807) is 7.11 Å². The molecule has 4 rings (SSSR count). The highest BCUT2D eigenvalue weighted by Gasteiger charge is 2.41. The van der Waals surface area contributed by atoms with Gasteiger partial charge in [-0.1, -0.05) is 30.3 Å². The number of methoxy groups -OCH3 is 1. The van der Waals surface area contributed by atoms with Gasteiger partial charge in [0.2, 0.25) is 5.88 Å². The molecule has 1 aliphatic carbocycles. The molecule has 126 valence electrons. The molecule has 7 nitrogen and oxygen atoms in total. The van der Waals surface area contributed by atoms with E-state index in [2.05, 4.69) is 32.3 Å². The Morgan fingerprint density at radius 3 is 2.64 bits per heavy atom. The Morgan fingerprint density at radius 1 is 1.12 bits per heavy atom. The summed E-state index contributed by atoms with van der Waals surface area (Å²) in [5, 5.41) is 8.17. The number of H-pyrrole nitrogens is 2. The maximum Gasteiger partial charge on any atom is 0.325 e. The zero-order valence-electron chi connectivity index (χ0n) is 13.5. The van der Waals surface area contributed by atoms with Crippen LogP contribution >= 0.6 is 0 Å². The highest BCUT2D eigenvalue weighted by atomic mass is 16.5. The molecule has 3 aromatic rings. The van der Waals surface area contributed by atoms with Gasteiger partial charge in [-0.25, -0.2) is 4.79 Å². The maximum atomic E-state index is 12.0. The van der Waals surface area contributed by atoms with Crippen molar-refractivity contribution < 1.29 is 4.74 Å². The third kappa shape index (κ3) is 2.84. The van der Waals surface area contributed by atoms with Crippen molar-refractivity contribution in [2.24, 2.45) is 0 Å². The van der Waals surface area contributed by atoms with Crippen LogP contribution in [0.3, 0.4) is 0 Å². The molecule has 1 aromatic carbocycles. The molecule has 0 amide bonds. The molecule has 0 radical (unpaired) electrons. The minimum atomic E-state index is -0.554. The third-order valence-corrected chi connectivity index (χ3v) is 4.49. The lowest BCUT2D eigenvalue weighted by molar-refractivity contribution is 0.386. The van der Waals surface area contributed by atoms with Crippen LogP contribution in [0.1, 0.15) is 29.4 Å². The van der Waals surface area contributed by atoms with Gasteiger partial charge in [0.25, 0.3) is 5.56 Å². The van der Waals surface area contributed by atoms with Crippen molar-refractivity contribution in [2.75, 3.05) is 7.11 Å². The fourth-order valence-electron chi connectivity index (χ4n) is 3.16. The Labute approximate surface area is 142 Å². The maximum absolute atomic E-state index is 12.0. The van der Waals surface area contributed by atoms with Crippen LogP contribution in [0.15, 0.2) is 52.2 Å². The molecule has 1 saturated carbocycles.